The molecule has 0 bridgehead atoms. The molecule has 3 rings (SSSR count). The minimum atomic E-state index is -0.645. The van der Waals surface area contributed by atoms with E-state index in [1.807, 2.05) is 18.2 Å². The molecule has 5 nitrogen and oxygen atoms in total. The number of rotatable bonds is 7. The number of hydrogen-bond donors (Lipinski definition) is 2. The summed E-state index contributed by atoms with van der Waals surface area (Å²) < 4.78 is 16.1. The van der Waals surface area contributed by atoms with Crippen molar-refractivity contribution >= 4 is 23.2 Å². The van der Waals surface area contributed by atoms with Crippen LogP contribution in [0.2, 0.25) is 10.0 Å². The molecular formula is C17H17Cl2NO4. The van der Waals surface area contributed by atoms with Gasteiger partial charge < -0.3 is 24.6 Å². The zero-order chi connectivity index (χ0) is 16.9. The van der Waals surface area contributed by atoms with E-state index in [9.17, 15) is 5.11 Å². The van der Waals surface area contributed by atoms with Crippen molar-refractivity contribution < 1.29 is 19.3 Å². The Morgan fingerprint density at radius 1 is 1.08 bits per heavy atom. The second-order valence-corrected chi connectivity index (χ2v) is 6.17. The summed E-state index contributed by atoms with van der Waals surface area (Å²) >= 11 is 11.8. The zero-order valence-electron chi connectivity index (χ0n) is 12.8. The maximum absolute atomic E-state index is 9.98. The molecule has 1 aliphatic heterocycles. The van der Waals surface area contributed by atoms with Gasteiger partial charge in [0.25, 0.3) is 0 Å². The smallest absolute Gasteiger partial charge is 0.231 e. The largest absolute Gasteiger partial charge is 0.491 e. The van der Waals surface area contributed by atoms with Crippen molar-refractivity contribution in [2.45, 2.75) is 12.6 Å². The number of halogens is 2. The fraction of sp³-hybridized carbons (Fsp3) is 0.294. The molecule has 7 heteroatoms. The Balaban J connectivity index is 1.41. The van der Waals surface area contributed by atoms with Crippen LogP contribution in [0.15, 0.2) is 36.4 Å². The van der Waals surface area contributed by atoms with Gasteiger partial charge in [0.05, 0.1) is 10.0 Å². The molecule has 1 atom stereocenters. The number of benzene rings is 2. The molecule has 0 amide bonds. The van der Waals surface area contributed by atoms with E-state index >= 15 is 0 Å². The number of ether oxygens (including phenoxy) is 3. The van der Waals surface area contributed by atoms with Crippen LogP contribution in [0.4, 0.5) is 0 Å². The Morgan fingerprint density at radius 2 is 1.92 bits per heavy atom. The molecule has 1 unspecified atom stereocenters. The molecule has 0 spiro atoms. The minimum Gasteiger partial charge on any atom is -0.491 e. The van der Waals surface area contributed by atoms with Crippen LogP contribution in [0, 0.1) is 0 Å². The van der Waals surface area contributed by atoms with Gasteiger partial charge in [-0.05, 0) is 29.8 Å². The number of hydrogen-bond acceptors (Lipinski definition) is 5. The molecule has 0 fully saturated rings. The summed E-state index contributed by atoms with van der Waals surface area (Å²) in [5.74, 6) is 2.07. The molecule has 24 heavy (non-hydrogen) atoms. The lowest BCUT2D eigenvalue weighted by atomic mass is 10.2. The van der Waals surface area contributed by atoms with Gasteiger partial charge in [-0.15, -0.1) is 0 Å². The van der Waals surface area contributed by atoms with Crippen LogP contribution in [0.1, 0.15) is 5.56 Å². The first-order chi connectivity index (χ1) is 11.6. The molecule has 0 saturated heterocycles. The quantitative estimate of drug-likeness (QED) is 0.784. The van der Waals surface area contributed by atoms with Gasteiger partial charge in [-0.2, -0.15) is 0 Å². The van der Waals surface area contributed by atoms with E-state index in [0.717, 1.165) is 17.1 Å². The standard InChI is InChI=1S/C17H17Cl2NO4/c18-14-3-2-13(6-15(14)19)22-9-12(21)8-20-7-11-1-4-16-17(5-11)24-10-23-16/h1-6,12,20-21H,7-10H2. The summed E-state index contributed by atoms with van der Waals surface area (Å²) in [7, 11) is 0. The molecule has 2 aromatic carbocycles. The van der Waals surface area contributed by atoms with E-state index < -0.39 is 6.10 Å². The highest BCUT2D eigenvalue weighted by Gasteiger charge is 2.13. The number of fused-ring (bicyclic) bond motifs is 1. The highest BCUT2D eigenvalue weighted by molar-refractivity contribution is 6.42. The third kappa shape index (κ3) is 4.45. The average Bonchev–Trinajstić information content (AvgIpc) is 3.04. The summed E-state index contributed by atoms with van der Waals surface area (Å²) in [6.45, 7) is 1.43. The van der Waals surface area contributed by atoms with Gasteiger partial charge in [-0.25, -0.2) is 0 Å². The highest BCUT2D eigenvalue weighted by atomic mass is 35.5. The molecule has 0 aromatic heterocycles. The first kappa shape index (κ1) is 17.2. The monoisotopic (exact) mass is 369 g/mol. The van der Waals surface area contributed by atoms with Crippen LogP contribution in [-0.4, -0.2) is 31.2 Å². The van der Waals surface area contributed by atoms with E-state index in [-0.39, 0.29) is 13.4 Å². The predicted molar refractivity (Wildman–Crippen MR) is 92.2 cm³/mol. The van der Waals surface area contributed by atoms with Crippen LogP contribution in [0.5, 0.6) is 17.2 Å². The molecule has 1 heterocycles. The lowest BCUT2D eigenvalue weighted by Gasteiger charge is -2.14. The predicted octanol–water partition coefficient (Wildman–Crippen LogP) is 3.25. The van der Waals surface area contributed by atoms with Crippen LogP contribution in [0.25, 0.3) is 0 Å². The normalized spacial score (nSPS) is 13.8. The van der Waals surface area contributed by atoms with Gasteiger partial charge in [-0.3, -0.25) is 0 Å². The summed E-state index contributed by atoms with van der Waals surface area (Å²) in [6, 6.07) is 10.7. The highest BCUT2D eigenvalue weighted by Crippen LogP contribution is 2.32. The van der Waals surface area contributed by atoms with Gasteiger partial charge >= 0.3 is 0 Å². The fourth-order valence-corrected chi connectivity index (χ4v) is 2.54. The van der Waals surface area contributed by atoms with Gasteiger partial charge in [0.1, 0.15) is 18.5 Å². The second-order valence-electron chi connectivity index (χ2n) is 5.36. The lowest BCUT2D eigenvalue weighted by molar-refractivity contribution is 0.106. The molecule has 0 saturated carbocycles. The van der Waals surface area contributed by atoms with Crippen LogP contribution in [-0.2, 0) is 6.54 Å². The van der Waals surface area contributed by atoms with Crippen molar-refractivity contribution in [2.75, 3.05) is 19.9 Å². The first-order valence-corrected chi connectivity index (χ1v) is 8.22. The topological polar surface area (TPSA) is 60.0 Å². The molecule has 0 radical (unpaired) electrons. The van der Waals surface area contributed by atoms with E-state index in [1.54, 1.807) is 18.2 Å². The van der Waals surface area contributed by atoms with Crippen molar-refractivity contribution in [3.8, 4) is 17.2 Å². The molecule has 128 valence electrons. The number of nitrogens with one attached hydrogen (secondary N) is 1. The van der Waals surface area contributed by atoms with Crippen molar-refractivity contribution in [2.24, 2.45) is 0 Å². The van der Waals surface area contributed by atoms with Crippen molar-refractivity contribution in [3.05, 3.63) is 52.0 Å². The maximum atomic E-state index is 9.98. The van der Waals surface area contributed by atoms with Crippen molar-refractivity contribution in [1.82, 2.24) is 5.32 Å². The van der Waals surface area contributed by atoms with Crippen LogP contribution < -0.4 is 19.5 Å². The van der Waals surface area contributed by atoms with Crippen molar-refractivity contribution in [3.63, 3.8) is 0 Å². The average molecular weight is 370 g/mol. The lowest BCUT2D eigenvalue weighted by Crippen LogP contribution is -2.31. The fourth-order valence-electron chi connectivity index (χ4n) is 2.25. The van der Waals surface area contributed by atoms with Gasteiger partial charge in [0, 0.05) is 19.2 Å². The Morgan fingerprint density at radius 3 is 2.75 bits per heavy atom. The minimum absolute atomic E-state index is 0.159. The zero-order valence-corrected chi connectivity index (χ0v) is 14.3. The molecule has 2 N–H and O–H groups in total. The second kappa shape index (κ2) is 7.94. The molecule has 0 aliphatic carbocycles. The summed E-state index contributed by atoms with van der Waals surface area (Å²) in [5, 5.41) is 14.0. The van der Waals surface area contributed by atoms with Crippen LogP contribution in [0.3, 0.4) is 0 Å². The van der Waals surface area contributed by atoms with E-state index in [2.05, 4.69) is 5.32 Å². The Kier molecular flexibility index (Phi) is 5.68. The summed E-state index contributed by atoms with van der Waals surface area (Å²) in [6.07, 6.45) is -0.645. The van der Waals surface area contributed by atoms with Crippen molar-refractivity contribution in [1.29, 1.82) is 0 Å². The Bertz CT molecular complexity index is 711. The Hall–Kier alpha value is -1.66. The summed E-state index contributed by atoms with van der Waals surface area (Å²) in [4.78, 5) is 0. The van der Waals surface area contributed by atoms with Gasteiger partial charge in [0.2, 0.25) is 6.79 Å². The molecule has 2 aromatic rings. The first-order valence-electron chi connectivity index (χ1n) is 7.47. The molecular weight excluding hydrogens is 353 g/mol. The number of aliphatic hydroxyl groups is 1. The van der Waals surface area contributed by atoms with E-state index in [4.69, 9.17) is 37.4 Å². The van der Waals surface area contributed by atoms with E-state index in [1.165, 1.54) is 0 Å². The SMILES string of the molecule is OC(CNCc1ccc2c(c1)OCO2)COc1ccc(Cl)c(Cl)c1. The summed E-state index contributed by atoms with van der Waals surface area (Å²) in [5.41, 5.74) is 1.05. The third-order valence-electron chi connectivity index (χ3n) is 3.48. The maximum Gasteiger partial charge on any atom is 0.231 e. The molecule has 1 aliphatic rings. The van der Waals surface area contributed by atoms with Gasteiger partial charge in [-0.1, -0.05) is 29.3 Å². The van der Waals surface area contributed by atoms with Crippen LogP contribution >= 0.6 is 23.2 Å². The third-order valence-corrected chi connectivity index (χ3v) is 4.22. The Labute approximate surface area is 150 Å². The van der Waals surface area contributed by atoms with E-state index in [0.29, 0.717) is 28.9 Å². The number of aliphatic hydroxyl groups excluding tert-OH is 1. The van der Waals surface area contributed by atoms with Gasteiger partial charge in [0.15, 0.2) is 11.5 Å².